The summed E-state index contributed by atoms with van der Waals surface area (Å²) in [6.45, 7) is 12.9. The fourth-order valence-electron chi connectivity index (χ4n) is 2.06. The number of aromatic nitrogens is 2. The van der Waals surface area contributed by atoms with Gasteiger partial charge in [-0.15, -0.1) is 0 Å². The van der Waals surface area contributed by atoms with Crippen LogP contribution < -0.4 is 10.6 Å². The second-order valence-electron chi connectivity index (χ2n) is 6.69. The summed E-state index contributed by atoms with van der Waals surface area (Å²) < 4.78 is 1.83. The van der Waals surface area contributed by atoms with E-state index < -0.39 is 0 Å². The summed E-state index contributed by atoms with van der Waals surface area (Å²) in [4.78, 5) is 11.9. The second-order valence-corrected chi connectivity index (χ2v) is 6.69. The molecule has 1 amide bonds. The molecule has 114 valence electrons. The normalized spacial score (nSPS) is 13.6. The number of nitrogens with one attached hydrogen (secondary N) is 2. The number of rotatable bonds is 5. The lowest BCUT2D eigenvalue weighted by Crippen LogP contribution is -2.44. The first-order valence-electron chi connectivity index (χ1n) is 7.18. The van der Waals surface area contributed by atoms with Gasteiger partial charge in [-0.25, -0.2) is 0 Å². The Morgan fingerprint density at radius 1 is 1.35 bits per heavy atom. The van der Waals surface area contributed by atoms with Crippen molar-refractivity contribution in [1.82, 2.24) is 20.4 Å². The third-order valence-electron chi connectivity index (χ3n) is 3.04. The number of carbonyl (C=O) groups is 1. The van der Waals surface area contributed by atoms with Gasteiger partial charge in [-0.05, 0) is 20.8 Å². The Kier molecular flexibility index (Phi) is 5.34. The van der Waals surface area contributed by atoms with Gasteiger partial charge >= 0.3 is 0 Å². The predicted octanol–water partition coefficient (Wildman–Crippen LogP) is 1.72. The second kappa shape index (κ2) is 6.39. The highest BCUT2D eigenvalue weighted by Gasteiger charge is 2.22. The summed E-state index contributed by atoms with van der Waals surface area (Å²) in [5.41, 5.74) is 2.22. The van der Waals surface area contributed by atoms with E-state index in [1.165, 1.54) is 0 Å². The summed E-state index contributed by atoms with van der Waals surface area (Å²) in [7, 11) is 1.92. The Balaban J connectivity index is 2.69. The highest BCUT2D eigenvalue weighted by molar-refractivity contribution is 5.81. The first-order chi connectivity index (χ1) is 9.11. The van der Waals surface area contributed by atoms with Crippen molar-refractivity contribution in [2.75, 3.05) is 0 Å². The number of amides is 1. The first-order valence-corrected chi connectivity index (χ1v) is 7.18. The molecule has 0 aliphatic carbocycles. The van der Waals surface area contributed by atoms with Gasteiger partial charge in [0.05, 0.1) is 11.7 Å². The Morgan fingerprint density at radius 3 is 2.45 bits per heavy atom. The smallest absolute Gasteiger partial charge is 0.237 e. The molecule has 0 saturated heterocycles. The molecule has 2 N–H and O–H groups in total. The van der Waals surface area contributed by atoms with Crippen LogP contribution in [-0.4, -0.2) is 27.8 Å². The van der Waals surface area contributed by atoms with Crippen molar-refractivity contribution in [3.63, 3.8) is 0 Å². The molecule has 1 unspecified atom stereocenters. The number of hydrogen-bond donors (Lipinski definition) is 2. The van der Waals surface area contributed by atoms with E-state index in [1.54, 1.807) is 0 Å². The van der Waals surface area contributed by atoms with Crippen LogP contribution in [0, 0.1) is 0 Å². The molecule has 0 aliphatic heterocycles. The average Bonchev–Trinajstić information content (AvgIpc) is 2.66. The van der Waals surface area contributed by atoms with Crippen LogP contribution in [0.25, 0.3) is 0 Å². The lowest BCUT2D eigenvalue weighted by atomic mass is 9.89. The molecule has 1 aromatic heterocycles. The maximum atomic E-state index is 11.9. The number of hydrogen-bond acceptors (Lipinski definition) is 3. The Hall–Kier alpha value is -1.36. The molecule has 0 saturated carbocycles. The van der Waals surface area contributed by atoms with Crippen LogP contribution in [0.4, 0.5) is 0 Å². The molecule has 0 aromatic carbocycles. The van der Waals surface area contributed by atoms with Crippen LogP contribution in [0.2, 0.25) is 0 Å². The van der Waals surface area contributed by atoms with Crippen LogP contribution in [0.15, 0.2) is 6.20 Å². The van der Waals surface area contributed by atoms with E-state index in [0.717, 1.165) is 11.3 Å². The number of aryl methyl sites for hydroxylation is 1. The maximum absolute atomic E-state index is 11.9. The van der Waals surface area contributed by atoms with Crippen molar-refractivity contribution >= 4 is 5.91 Å². The molecule has 0 aliphatic rings. The van der Waals surface area contributed by atoms with Gasteiger partial charge in [0.2, 0.25) is 5.91 Å². The van der Waals surface area contributed by atoms with Gasteiger partial charge in [-0.1, -0.05) is 20.8 Å². The van der Waals surface area contributed by atoms with Gasteiger partial charge in [0.15, 0.2) is 0 Å². The van der Waals surface area contributed by atoms with Crippen LogP contribution in [0.3, 0.4) is 0 Å². The largest absolute Gasteiger partial charge is 0.353 e. The zero-order chi connectivity index (χ0) is 15.5. The van der Waals surface area contributed by atoms with Gasteiger partial charge in [0, 0.05) is 36.8 Å². The van der Waals surface area contributed by atoms with Crippen molar-refractivity contribution < 1.29 is 4.79 Å². The van der Waals surface area contributed by atoms with E-state index in [1.807, 2.05) is 38.7 Å². The van der Waals surface area contributed by atoms with Gasteiger partial charge in [-0.3, -0.25) is 9.48 Å². The Bertz CT molecular complexity index is 457. The average molecular weight is 280 g/mol. The molecular weight excluding hydrogens is 252 g/mol. The minimum atomic E-state index is -0.217. The minimum absolute atomic E-state index is 0.00169. The predicted molar refractivity (Wildman–Crippen MR) is 81.5 cm³/mol. The zero-order valence-electron chi connectivity index (χ0n) is 13.7. The molecule has 1 rings (SSSR count). The van der Waals surface area contributed by atoms with Crippen LogP contribution in [-0.2, 0) is 23.8 Å². The maximum Gasteiger partial charge on any atom is 0.237 e. The molecule has 0 bridgehead atoms. The standard InChI is InChI=1S/C15H28N4O/c1-10(2)17-14(20)11(3)16-8-12-9-19(7)18-13(12)15(4,5)6/h9-11,16H,8H2,1-7H3,(H,17,20). The number of nitrogens with zero attached hydrogens (tertiary/aromatic N) is 2. The van der Waals surface area contributed by atoms with E-state index in [9.17, 15) is 4.79 Å². The van der Waals surface area contributed by atoms with Crippen molar-refractivity contribution in [2.45, 2.75) is 65.6 Å². The summed E-state index contributed by atoms with van der Waals surface area (Å²) >= 11 is 0. The molecule has 0 radical (unpaired) electrons. The van der Waals surface area contributed by atoms with Crippen LogP contribution >= 0.6 is 0 Å². The fourth-order valence-corrected chi connectivity index (χ4v) is 2.06. The van der Waals surface area contributed by atoms with E-state index in [4.69, 9.17) is 0 Å². The number of carbonyl (C=O) groups excluding carboxylic acids is 1. The van der Waals surface area contributed by atoms with Crippen molar-refractivity contribution in [2.24, 2.45) is 7.05 Å². The van der Waals surface area contributed by atoms with Crippen molar-refractivity contribution in [3.05, 3.63) is 17.5 Å². The van der Waals surface area contributed by atoms with Crippen molar-refractivity contribution in [1.29, 1.82) is 0 Å². The summed E-state index contributed by atoms with van der Waals surface area (Å²) in [5, 5.41) is 10.7. The Morgan fingerprint density at radius 2 is 1.95 bits per heavy atom. The molecule has 5 heteroatoms. The van der Waals surface area contributed by atoms with Gasteiger partial charge in [-0.2, -0.15) is 5.10 Å². The molecule has 5 nitrogen and oxygen atoms in total. The lowest BCUT2D eigenvalue weighted by Gasteiger charge is -2.19. The van der Waals surface area contributed by atoms with Crippen LogP contribution in [0.1, 0.15) is 52.8 Å². The summed E-state index contributed by atoms with van der Waals surface area (Å²) in [5.74, 6) is 0.0289. The minimum Gasteiger partial charge on any atom is -0.353 e. The zero-order valence-corrected chi connectivity index (χ0v) is 13.7. The highest BCUT2D eigenvalue weighted by Crippen LogP contribution is 2.23. The monoisotopic (exact) mass is 280 g/mol. The third kappa shape index (κ3) is 4.63. The van der Waals surface area contributed by atoms with E-state index in [0.29, 0.717) is 6.54 Å². The topological polar surface area (TPSA) is 59.0 Å². The molecule has 0 spiro atoms. The lowest BCUT2D eigenvalue weighted by molar-refractivity contribution is -0.123. The van der Waals surface area contributed by atoms with Gasteiger partial charge in [0.25, 0.3) is 0 Å². The third-order valence-corrected chi connectivity index (χ3v) is 3.04. The molecule has 20 heavy (non-hydrogen) atoms. The van der Waals surface area contributed by atoms with Gasteiger partial charge in [0.1, 0.15) is 0 Å². The summed E-state index contributed by atoms with van der Waals surface area (Å²) in [6, 6.07) is -0.0549. The molecule has 1 aromatic rings. The highest BCUT2D eigenvalue weighted by atomic mass is 16.2. The quantitative estimate of drug-likeness (QED) is 0.863. The Labute approximate surface area is 122 Å². The SMILES string of the molecule is CC(C)NC(=O)C(C)NCc1cn(C)nc1C(C)(C)C. The molecular formula is C15H28N4O. The van der Waals surface area contributed by atoms with Crippen molar-refractivity contribution in [3.8, 4) is 0 Å². The van der Waals surface area contributed by atoms with Gasteiger partial charge < -0.3 is 10.6 Å². The van der Waals surface area contributed by atoms with E-state index >= 15 is 0 Å². The molecule has 0 fully saturated rings. The van der Waals surface area contributed by atoms with E-state index in [-0.39, 0.29) is 23.4 Å². The fraction of sp³-hybridized carbons (Fsp3) is 0.733. The first kappa shape index (κ1) is 16.7. The summed E-state index contributed by atoms with van der Waals surface area (Å²) in [6.07, 6.45) is 2.01. The van der Waals surface area contributed by atoms with E-state index in [2.05, 4.69) is 36.5 Å². The molecule has 1 heterocycles. The van der Waals surface area contributed by atoms with Crippen LogP contribution in [0.5, 0.6) is 0 Å². The molecule has 1 atom stereocenters.